The second-order valence-electron chi connectivity index (χ2n) is 2.07. The van der Waals surface area contributed by atoms with Crippen LogP contribution in [0.3, 0.4) is 0 Å². The van der Waals surface area contributed by atoms with Crippen molar-refractivity contribution in [2.75, 3.05) is 0 Å². The van der Waals surface area contributed by atoms with Crippen LogP contribution in [0, 0.1) is 0 Å². The van der Waals surface area contributed by atoms with Crippen molar-refractivity contribution in [2.24, 2.45) is 0 Å². The van der Waals surface area contributed by atoms with E-state index in [2.05, 4.69) is 41.1 Å². The Morgan fingerprint density at radius 2 is 1.92 bits per heavy atom. The predicted molar refractivity (Wildman–Crippen MR) is 45.1 cm³/mol. The van der Waals surface area contributed by atoms with Crippen LogP contribution in [-0.4, -0.2) is 25.1 Å². The van der Waals surface area contributed by atoms with Crippen molar-refractivity contribution in [1.29, 1.82) is 0 Å². The van der Waals surface area contributed by atoms with E-state index in [1.54, 1.807) is 12.4 Å². The number of H-pyrrole nitrogens is 1. The Balaban J connectivity index is 2.43. The third-order valence-corrected chi connectivity index (χ3v) is 1.72. The van der Waals surface area contributed by atoms with Crippen molar-refractivity contribution in [3.63, 3.8) is 0 Å². The minimum absolute atomic E-state index is 0.561. The third kappa shape index (κ3) is 1.33. The van der Waals surface area contributed by atoms with Crippen LogP contribution in [-0.2, 0) is 0 Å². The number of nitrogens with zero attached hydrogens (tertiary/aromatic N) is 4. The molecule has 2 aromatic heterocycles. The van der Waals surface area contributed by atoms with Crippen molar-refractivity contribution in [2.45, 2.75) is 0 Å². The minimum Gasteiger partial charge on any atom is -0.259 e. The van der Waals surface area contributed by atoms with E-state index in [0.717, 1.165) is 5.56 Å². The molecular formula is C6H4BrN5. The highest BCUT2D eigenvalue weighted by Gasteiger charge is 2.00. The fourth-order valence-corrected chi connectivity index (χ4v) is 0.984. The summed E-state index contributed by atoms with van der Waals surface area (Å²) in [6.07, 6.45) is 4.77. The summed E-state index contributed by atoms with van der Waals surface area (Å²) >= 11 is 3.14. The molecule has 0 saturated heterocycles. The number of aromatic amines is 1. The van der Waals surface area contributed by atoms with Crippen LogP contribution in [0.5, 0.6) is 0 Å². The topological polar surface area (TPSA) is 67.3 Å². The largest absolute Gasteiger partial charge is 0.259 e. The molecule has 0 saturated carbocycles. The summed E-state index contributed by atoms with van der Waals surface area (Å²) < 4.78 is 0.561. The Morgan fingerprint density at radius 1 is 1.17 bits per heavy atom. The second-order valence-corrected chi connectivity index (χ2v) is 2.78. The molecule has 6 heteroatoms. The van der Waals surface area contributed by atoms with Crippen LogP contribution in [0.25, 0.3) is 11.4 Å². The normalized spacial score (nSPS) is 10.1. The van der Waals surface area contributed by atoms with E-state index >= 15 is 0 Å². The highest BCUT2D eigenvalue weighted by molar-refractivity contribution is 9.10. The van der Waals surface area contributed by atoms with Gasteiger partial charge in [0.05, 0.1) is 5.56 Å². The molecule has 0 atom stereocenters. The number of aromatic nitrogens is 5. The summed E-state index contributed by atoms with van der Waals surface area (Å²) in [4.78, 5) is 11.9. The smallest absolute Gasteiger partial charge is 0.196 e. The number of halogens is 1. The summed E-state index contributed by atoms with van der Waals surface area (Å²) in [5.41, 5.74) is 0.815. The van der Waals surface area contributed by atoms with Crippen LogP contribution in [0.4, 0.5) is 0 Å². The van der Waals surface area contributed by atoms with Crippen molar-refractivity contribution in [3.05, 3.63) is 23.5 Å². The maximum absolute atomic E-state index is 3.95. The molecule has 60 valence electrons. The summed E-state index contributed by atoms with van der Waals surface area (Å²) in [6, 6.07) is 0. The monoisotopic (exact) mass is 225 g/mol. The van der Waals surface area contributed by atoms with Crippen LogP contribution in [0.1, 0.15) is 0 Å². The van der Waals surface area contributed by atoms with Crippen LogP contribution < -0.4 is 0 Å². The van der Waals surface area contributed by atoms with Gasteiger partial charge in [-0.25, -0.2) is 15.0 Å². The Bertz CT molecular complexity index is 354. The fraction of sp³-hybridized carbons (Fsp3) is 0. The average Bonchev–Trinajstić information content (AvgIpc) is 2.58. The molecular weight excluding hydrogens is 222 g/mol. The number of nitrogens with one attached hydrogen (secondary N) is 1. The molecule has 0 fully saturated rings. The van der Waals surface area contributed by atoms with Crippen LogP contribution in [0.15, 0.2) is 23.5 Å². The van der Waals surface area contributed by atoms with Gasteiger partial charge in [0.1, 0.15) is 6.33 Å². The lowest BCUT2D eigenvalue weighted by Gasteiger charge is -1.92. The lowest BCUT2D eigenvalue weighted by Crippen LogP contribution is -1.86. The molecule has 0 aromatic carbocycles. The first-order valence-corrected chi connectivity index (χ1v) is 3.99. The van der Waals surface area contributed by atoms with Gasteiger partial charge < -0.3 is 0 Å². The van der Waals surface area contributed by atoms with Gasteiger partial charge >= 0.3 is 0 Å². The first kappa shape index (κ1) is 7.35. The van der Waals surface area contributed by atoms with Gasteiger partial charge in [0.25, 0.3) is 0 Å². The Morgan fingerprint density at radius 3 is 2.50 bits per heavy atom. The van der Waals surface area contributed by atoms with Gasteiger partial charge in [0.2, 0.25) is 0 Å². The molecule has 2 heterocycles. The van der Waals surface area contributed by atoms with E-state index in [-0.39, 0.29) is 0 Å². The highest BCUT2D eigenvalue weighted by Crippen LogP contribution is 2.11. The molecule has 0 spiro atoms. The molecule has 0 unspecified atom stereocenters. The molecule has 0 radical (unpaired) electrons. The van der Waals surface area contributed by atoms with Gasteiger partial charge in [0, 0.05) is 12.4 Å². The molecule has 5 nitrogen and oxygen atoms in total. The first-order chi connectivity index (χ1) is 5.86. The minimum atomic E-state index is 0.561. The Kier molecular flexibility index (Phi) is 1.83. The number of hydrogen-bond acceptors (Lipinski definition) is 4. The quantitative estimate of drug-likeness (QED) is 0.737. The van der Waals surface area contributed by atoms with E-state index in [1.807, 2.05) is 0 Å². The summed E-state index contributed by atoms with van der Waals surface area (Å²) in [7, 11) is 0. The third-order valence-electron chi connectivity index (χ3n) is 1.31. The standard InChI is InChI=1S/C6H4BrN5/c7-6-8-1-4(2-9-6)5-10-3-11-12-5/h1-3H,(H,10,11,12). The molecule has 0 bridgehead atoms. The second kappa shape index (κ2) is 2.98. The Hall–Kier alpha value is -1.30. The van der Waals surface area contributed by atoms with Gasteiger partial charge in [-0.15, -0.1) is 0 Å². The maximum Gasteiger partial charge on any atom is 0.196 e. The molecule has 1 N–H and O–H groups in total. The SMILES string of the molecule is Brc1ncc(-c2ncn[nH]2)cn1. The van der Waals surface area contributed by atoms with Gasteiger partial charge in [-0.05, 0) is 15.9 Å². The number of hydrogen-bond donors (Lipinski definition) is 1. The highest BCUT2D eigenvalue weighted by atomic mass is 79.9. The molecule has 2 aromatic rings. The van der Waals surface area contributed by atoms with E-state index < -0.39 is 0 Å². The molecule has 2 rings (SSSR count). The van der Waals surface area contributed by atoms with Gasteiger partial charge in [-0.3, -0.25) is 5.10 Å². The van der Waals surface area contributed by atoms with E-state index in [9.17, 15) is 0 Å². The van der Waals surface area contributed by atoms with E-state index in [4.69, 9.17) is 0 Å². The van der Waals surface area contributed by atoms with Crippen molar-refractivity contribution in [1.82, 2.24) is 25.1 Å². The molecule has 0 aliphatic rings. The Labute approximate surface area is 76.4 Å². The zero-order chi connectivity index (χ0) is 8.39. The molecule has 0 aliphatic carbocycles. The number of rotatable bonds is 1. The lowest BCUT2D eigenvalue weighted by molar-refractivity contribution is 1.07. The van der Waals surface area contributed by atoms with Crippen LogP contribution in [0.2, 0.25) is 0 Å². The van der Waals surface area contributed by atoms with Gasteiger partial charge in [0.15, 0.2) is 10.6 Å². The fourth-order valence-electron chi connectivity index (χ4n) is 0.779. The molecule has 0 aliphatic heterocycles. The zero-order valence-corrected chi connectivity index (χ0v) is 7.48. The predicted octanol–water partition coefficient (Wildman–Crippen LogP) is 1.02. The zero-order valence-electron chi connectivity index (χ0n) is 5.90. The van der Waals surface area contributed by atoms with E-state index in [0.29, 0.717) is 10.6 Å². The average molecular weight is 226 g/mol. The lowest BCUT2D eigenvalue weighted by atomic mass is 10.3. The summed E-state index contributed by atoms with van der Waals surface area (Å²) in [6.45, 7) is 0. The maximum atomic E-state index is 3.95. The van der Waals surface area contributed by atoms with Crippen molar-refractivity contribution < 1.29 is 0 Å². The first-order valence-electron chi connectivity index (χ1n) is 3.19. The molecule has 0 amide bonds. The summed E-state index contributed by atoms with van der Waals surface area (Å²) in [5.74, 6) is 0.669. The van der Waals surface area contributed by atoms with Gasteiger partial charge in [-0.2, -0.15) is 5.10 Å². The van der Waals surface area contributed by atoms with Gasteiger partial charge in [-0.1, -0.05) is 0 Å². The van der Waals surface area contributed by atoms with Crippen molar-refractivity contribution in [3.8, 4) is 11.4 Å². The molecule has 12 heavy (non-hydrogen) atoms. The van der Waals surface area contributed by atoms with E-state index in [1.165, 1.54) is 6.33 Å². The van der Waals surface area contributed by atoms with Crippen LogP contribution >= 0.6 is 15.9 Å². The summed E-state index contributed by atoms with van der Waals surface area (Å²) in [5, 5.41) is 6.43. The van der Waals surface area contributed by atoms with Crippen molar-refractivity contribution >= 4 is 15.9 Å².